The summed E-state index contributed by atoms with van der Waals surface area (Å²) in [4.78, 5) is 0.121. The molecule has 0 aliphatic carbocycles. The van der Waals surface area contributed by atoms with Crippen molar-refractivity contribution in [3.8, 4) is 0 Å². The van der Waals surface area contributed by atoms with Gasteiger partial charge in [-0.2, -0.15) is 0 Å². The van der Waals surface area contributed by atoms with Gasteiger partial charge in [0.1, 0.15) is 0 Å². The van der Waals surface area contributed by atoms with Crippen LogP contribution in [0.1, 0.15) is 12.0 Å². The molecule has 0 spiro atoms. The Bertz CT molecular complexity index is 549. The lowest BCUT2D eigenvalue weighted by atomic mass is 10.2. The number of aliphatic hydroxyl groups is 1. The van der Waals surface area contributed by atoms with Crippen LogP contribution < -0.4 is 10.5 Å². The predicted molar refractivity (Wildman–Crippen MR) is 78.3 cm³/mol. The molecule has 20 heavy (non-hydrogen) atoms. The second-order valence-electron chi connectivity index (χ2n) is 4.23. The molecule has 0 aromatic heterocycles. The zero-order valence-corrected chi connectivity index (χ0v) is 12.8. The third-order valence-corrected chi connectivity index (χ3v) is 4.51. The molecule has 6 nitrogen and oxygen atoms in total. The number of nitrogens with two attached hydrogens (primary N) is 1. The van der Waals surface area contributed by atoms with Crippen LogP contribution in [-0.4, -0.2) is 39.9 Å². The summed E-state index contributed by atoms with van der Waals surface area (Å²) in [5.41, 5.74) is 6.39. The van der Waals surface area contributed by atoms with E-state index in [1.165, 1.54) is 12.1 Å². The Morgan fingerprint density at radius 2 is 2.10 bits per heavy atom. The van der Waals surface area contributed by atoms with E-state index >= 15 is 0 Å². The molecule has 0 unspecified atom stereocenters. The molecule has 0 saturated carbocycles. The highest BCUT2D eigenvalue weighted by Crippen LogP contribution is 2.25. The molecule has 0 aliphatic heterocycles. The first-order valence-electron chi connectivity index (χ1n) is 6.12. The van der Waals surface area contributed by atoms with Crippen LogP contribution in [0.3, 0.4) is 0 Å². The number of halogens is 1. The summed E-state index contributed by atoms with van der Waals surface area (Å²) in [5, 5.41) is 8.85. The topological polar surface area (TPSA) is 102 Å². The van der Waals surface area contributed by atoms with Crippen LogP contribution in [0, 0.1) is 6.92 Å². The van der Waals surface area contributed by atoms with Crippen LogP contribution >= 0.6 is 11.6 Å². The Kier molecular flexibility index (Phi) is 6.70. The van der Waals surface area contributed by atoms with Gasteiger partial charge in [0.15, 0.2) is 0 Å². The zero-order valence-electron chi connectivity index (χ0n) is 11.2. The van der Waals surface area contributed by atoms with Gasteiger partial charge in [-0.05, 0) is 31.0 Å². The van der Waals surface area contributed by atoms with Gasteiger partial charge in [-0.3, -0.25) is 0 Å². The predicted octanol–water partition coefficient (Wildman–Crippen LogP) is 0.908. The van der Waals surface area contributed by atoms with E-state index in [2.05, 4.69) is 4.72 Å². The van der Waals surface area contributed by atoms with E-state index in [4.69, 9.17) is 27.2 Å². The van der Waals surface area contributed by atoms with Crippen LogP contribution in [0.15, 0.2) is 17.0 Å². The summed E-state index contributed by atoms with van der Waals surface area (Å²) < 4.78 is 31.7. The molecule has 0 bridgehead atoms. The lowest BCUT2D eigenvalue weighted by Gasteiger charge is -2.11. The maximum absolute atomic E-state index is 12.1. The second kappa shape index (κ2) is 7.80. The van der Waals surface area contributed by atoms with E-state index in [-0.39, 0.29) is 30.3 Å². The lowest BCUT2D eigenvalue weighted by Crippen LogP contribution is -2.26. The van der Waals surface area contributed by atoms with Gasteiger partial charge >= 0.3 is 0 Å². The highest BCUT2D eigenvalue weighted by atomic mass is 35.5. The molecular formula is C12H19ClN2O4S. The Hall–Kier alpha value is -0.860. The number of benzene rings is 1. The summed E-state index contributed by atoms with van der Waals surface area (Å²) >= 11 is 5.83. The molecule has 0 aliphatic rings. The molecule has 0 atom stereocenters. The van der Waals surface area contributed by atoms with Crippen LogP contribution in [0.2, 0.25) is 5.02 Å². The molecule has 0 saturated heterocycles. The number of aliphatic hydroxyl groups excluding tert-OH is 1. The highest BCUT2D eigenvalue weighted by Gasteiger charge is 2.17. The summed E-state index contributed by atoms with van der Waals surface area (Å²) in [7, 11) is -3.62. The fraction of sp³-hybridized carbons (Fsp3) is 0.500. The molecule has 1 aromatic rings. The highest BCUT2D eigenvalue weighted by molar-refractivity contribution is 7.89. The molecule has 1 rings (SSSR count). The summed E-state index contributed by atoms with van der Waals surface area (Å²) in [6, 6.07) is 2.87. The normalized spacial score (nSPS) is 11.8. The SMILES string of the molecule is Cc1cc(Cl)c(N)cc1S(=O)(=O)NCCCOCCO. The zero-order chi connectivity index (χ0) is 15.2. The molecular weight excluding hydrogens is 304 g/mol. The lowest BCUT2D eigenvalue weighted by molar-refractivity contribution is 0.0913. The van der Waals surface area contributed by atoms with Crippen molar-refractivity contribution in [3.05, 3.63) is 22.7 Å². The summed E-state index contributed by atoms with van der Waals surface area (Å²) in [5.74, 6) is 0. The van der Waals surface area contributed by atoms with Crippen LogP contribution in [0.4, 0.5) is 5.69 Å². The Morgan fingerprint density at radius 3 is 2.75 bits per heavy atom. The number of hydrogen-bond donors (Lipinski definition) is 3. The van der Waals surface area contributed by atoms with Crippen molar-refractivity contribution in [3.63, 3.8) is 0 Å². The Morgan fingerprint density at radius 1 is 1.40 bits per heavy atom. The first-order chi connectivity index (χ1) is 9.38. The Labute approximate surface area is 123 Å². The van der Waals surface area contributed by atoms with E-state index in [9.17, 15) is 8.42 Å². The van der Waals surface area contributed by atoms with Gasteiger partial charge < -0.3 is 15.6 Å². The van der Waals surface area contributed by atoms with Crippen molar-refractivity contribution in [2.45, 2.75) is 18.2 Å². The van der Waals surface area contributed by atoms with E-state index in [0.29, 0.717) is 23.6 Å². The van der Waals surface area contributed by atoms with Crippen molar-refractivity contribution in [1.29, 1.82) is 0 Å². The smallest absolute Gasteiger partial charge is 0.240 e. The fourth-order valence-electron chi connectivity index (χ4n) is 1.58. The minimum Gasteiger partial charge on any atom is -0.397 e. The average molecular weight is 323 g/mol. The van der Waals surface area contributed by atoms with E-state index in [1.807, 2.05) is 0 Å². The van der Waals surface area contributed by atoms with Gasteiger partial charge in [-0.1, -0.05) is 11.6 Å². The van der Waals surface area contributed by atoms with Crippen molar-refractivity contribution in [1.82, 2.24) is 4.72 Å². The van der Waals surface area contributed by atoms with Crippen molar-refractivity contribution in [2.24, 2.45) is 0 Å². The number of rotatable bonds is 8. The van der Waals surface area contributed by atoms with E-state index in [1.54, 1.807) is 6.92 Å². The molecule has 0 amide bonds. The summed E-state index contributed by atoms with van der Waals surface area (Å²) in [6.07, 6.45) is 0.515. The number of ether oxygens (including phenoxy) is 1. The standard InChI is InChI=1S/C12H19ClN2O4S/c1-9-7-10(13)11(14)8-12(9)20(17,18)15-3-2-5-19-6-4-16/h7-8,15-16H,2-6,14H2,1H3. The van der Waals surface area contributed by atoms with Crippen molar-refractivity contribution < 1.29 is 18.3 Å². The summed E-state index contributed by atoms with van der Waals surface area (Å²) in [6.45, 7) is 2.49. The first-order valence-corrected chi connectivity index (χ1v) is 7.98. The molecule has 1 aromatic carbocycles. The largest absolute Gasteiger partial charge is 0.397 e. The number of nitrogens with one attached hydrogen (secondary N) is 1. The molecule has 8 heteroatoms. The Balaban J connectivity index is 2.63. The second-order valence-corrected chi connectivity index (χ2v) is 6.37. The maximum Gasteiger partial charge on any atom is 0.240 e. The minimum absolute atomic E-state index is 0.0467. The van der Waals surface area contributed by atoms with Gasteiger partial charge in [0.05, 0.1) is 28.8 Å². The van der Waals surface area contributed by atoms with Gasteiger partial charge in [0.2, 0.25) is 10.0 Å². The quantitative estimate of drug-likeness (QED) is 0.488. The molecule has 0 heterocycles. The molecule has 114 valence electrons. The monoisotopic (exact) mass is 322 g/mol. The van der Waals surface area contributed by atoms with Crippen LogP contribution in [0.5, 0.6) is 0 Å². The first kappa shape index (κ1) is 17.2. The fourth-order valence-corrected chi connectivity index (χ4v) is 3.13. The van der Waals surface area contributed by atoms with Gasteiger partial charge in [-0.25, -0.2) is 13.1 Å². The number of anilines is 1. The number of nitrogen functional groups attached to an aromatic ring is 1. The minimum atomic E-state index is -3.62. The van der Waals surface area contributed by atoms with E-state index < -0.39 is 10.0 Å². The van der Waals surface area contributed by atoms with Crippen LogP contribution in [-0.2, 0) is 14.8 Å². The molecule has 0 radical (unpaired) electrons. The van der Waals surface area contributed by atoms with E-state index in [0.717, 1.165) is 0 Å². The van der Waals surface area contributed by atoms with Gasteiger partial charge in [0, 0.05) is 13.2 Å². The number of hydrogen-bond acceptors (Lipinski definition) is 5. The van der Waals surface area contributed by atoms with Gasteiger partial charge in [0.25, 0.3) is 0 Å². The average Bonchev–Trinajstić information content (AvgIpc) is 2.37. The number of aryl methyl sites for hydroxylation is 1. The van der Waals surface area contributed by atoms with Crippen molar-refractivity contribution >= 4 is 27.3 Å². The third-order valence-electron chi connectivity index (χ3n) is 2.58. The van der Waals surface area contributed by atoms with Crippen LogP contribution in [0.25, 0.3) is 0 Å². The third kappa shape index (κ3) is 4.92. The maximum atomic E-state index is 12.1. The molecule has 4 N–H and O–H groups in total. The van der Waals surface area contributed by atoms with Gasteiger partial charge in [-0.15, -0.1) is 0 Å². The van der Waals surface area contributed by atoms with Crippen molar-refractivity contribution in [2.75, 3.05) is 32.1 Å². The molecule has 0 fully saturated rings. The number of sulfonamides is 1.